The maximum absolute atomic E-state index is 11.3. The highest BCUT2D eigenvalue weighted by Crippen LogP contribution is 2.04. The smallest absolute Gasteiger partial charge is 0.337 e. The number of urea groups is 1. The lowest BCUT2D eigenvalue weighted by molar-refractivity contribution is -0.155. The Balaban J connectivity index is 3.53. The van der Waals surface area contributed by atoms with E-state index >= 15 is 0 Å². The Morgan fingerprint density at radius 2 is 1.79 bits per heavy atom. The van der Waals surface area contributed by atoms with Gasteiger partial charge in [0.25, 0.3) is 0 Å². The zero-order valence-electron chi connectivity index (χ0n) is 11.6. The second-order valence-corrected chi connectivity index (χ2v) is 5.58. The average molecular weight is 292 g/mol. The van der Waals surface area contributed by atoms with E-state index in [1.807, 2.05) is 11.8 Å². The fraction of sp³-hybridized carbons (Fsp3) is 0.833. The summed E-state index contributed by atoms with van der Waals surface area (Å²) in [4.78, 5) is 21.9. The Morgan fingerprint density at radius 3 is 2.37 bits per heavy atom. The fourth-order valence-electron chi connectivity index (χ4n) is 1.32. The summed E-state index contributed by atoms with van der Waals surface area (Å²) >= 11 is 1.83. The van der Waals surface area contributed by atoms with E-state index in [9.17, 15) is 14.7 Å². The van der Waals surface area contributed by atoms with Gasteiger partial charge in [0.2, 0.25) is 0 Å². The van der Waals surface area contributed by atoms with Gasteiger partial charge in [0.15, 0.2) is 5.60 Å². The highest BCUT2D eigenvalue weighted by Gasteiger charge is 2.30. The number of carbonyl (C=O) groups excluding carboxylic acids is 1. The molecule has 7 heteroatoms. The molecular formula is C12H24N2O4S. The predicted octanol–water partition coefficient (Wildman–Crippen LogP) is 1.04. The van der Waals surface area contributed by atoms with Gasteiger partial charge in [-0.3, -0.25) is 0 Å². The summed E-state index contributed by atoms with van der Waals surface area (Å²) in [7, 11) is 0. The number of aliphatic carboxylic acids is 1. The molecule has 19 heavy (non-hydrogen) atoms. The number of carboxylic acid groups (broad SMARTS) is 1. The Hall–Kier alpha value is -0.950. The number of nitrogens with one attached hydrogen (secondary N) is 2. The van der Waals surface area contributed by atoms with Crippen LogP contribution < -0.4 is 10.6 Å². The van der Waals surface area contributed by atoms with Crippen LogP contribution in [-0.2, 0) is 4.79 Å². The van der Waals surface area contributed by atoms with Crippen LogP contribution in [0.3, 0.4) is 0 Å². The van der Waals surface area contributed by atoms with Crippen molar-refractivity contribution in [3.63, 3.8) is 0 Å². The Kier molecular flexibility index (Phi) is 9.42. The molecule has 0 aliphatic carbocycles. The molecule has 0 aromatic rings. The zero-order chi connectivity index (χ0) is 14.7. The van der Waals surface area contributed by atoms with E-state index in [4.69, 9.17) is 5.11 Å². The quantitative estimate of drug-likeness (QED) is 0.451. The summed E-state index contributed by atoms with van der Waals surface area (Å²) in [5.41, 5.74) is -1.94. The molecular weight excluding hydrogens is 268 g/mol. The maximum atomic E-state index is 11.3. The second-order valence-electron chi connectivity index (χ2n) is 4.60. The van der Waals surface area contributed by atoms with E-state index in [1.54, 1.807) is 0 Å². The topological polar surface area (TPSA) is 98.7 Å². The van der Waals surface area contributed by atoms with Crippen LogP contribution in [0.5, 0.6) is 0 Å². The first-order chi connectivity index (χ1) is 8.90. The lowest BCUT2D eigenvalue weighted by Gasteiger charge is -2.18. The van der Waals surface area contributed by atoms with Crippen molar-refractivity contribution in [2.45, 2.75) is 38.2 Å². The number of thioether (sulfide) groups is 1. The van der Waals surface area contributed by atoms with E-state index in [0.717, 1.165) is 31.9 Å². The molecule has 0 aromatic heterocycles. The highest BCUT2D eigenvalue weighted by atomic mass is 32.2. The molecule has 112 valence electrons. The average Bonchev–Trinajstić information content (AvgIpc) is 2.35. The largest absolute Gasteiger partial charge is 0.479 e. The third kappa shape index (κ3) is 9.61. The van der Waals surface area contributed by atoms with E-state index < -0.39 is 17.6 Å². The minimum Gasteiger partial charge on any atom is -0.479 e. The van der Waals surface area contributed by atoms with Crippen LogP contribution in [0.1, 0.15) is 32.6 Å². The number of aliphatic hydroxyl groups is 1. The molecule has 6 nitrogen and oxygen atoms in total. The number of amides is 2. The van der Waals surface area contributed by atoms with Crippen LogP contribution in [0, 0.1) is 0 Å². The molecule has 0 saturated heterocycles. The van der Waals surface area contributed by atoms with Crippen LogP contribution in [-0.4, -0.2) is 52.9 Å². The SMILES string of the molecule is CSCCCCCCNC(=O)NCC(C)(O)C(=O)O. The number of rotatable bonds is 10. The summed E-state index contributed by atoms with van der Waals surface area (Å²) in [5, 5.41) is 23.0. The van der Waals surface area contributed by atoms with Crippen molar-refractivity contribution >= 4 is 23.8 Å². The van der Waals surface area contributed by atoms with Crippen molar-refractivity contribution in [2.24, 2.45) is 0 Å². The van der Waals surface area contributed by atoms with Crippen molar-refractivity contribution in [3.8, 4) is 0 Å². The van der Waals surface area contributed by atoms with Gasteiger partial charge in [0, 0.05) is 6.54 Å². The molecule has 0 saturated carbocycles. The molecule has 4 N–H and O–H groups in total. The number of carboxylic acids is 1. The fourth-order valence-corrected chi connectivity index (χ4v) is 1.81. The first-order valence-electron chi connectivity index (χ1n) is 6.36. The predicted molar refractivity (Wildman–Crippen MR) is 76.5 cm³/mol. The molecule has 0 spiro atoms. The number of carbonyl (C=O) groups is 2. The Bertz CT molecular complexity index is 285. The third-order valence-corrected chi connectivity index (χ3v) is 3.31. The minimum atomic E-state index is -1.94. The molecule has 0 bridgehead atoms. The van der Waals surface area contributed by atoms with Crippen molar-refractivity contribution in [1.29, 1.82) is 0 Å². The monoisotopic (exact) mass is 292 g/mol. The van der Waals surface area contributed by atoms with Crippen LogP contribution in [0.25, 0.3) is 0 Å². The maximum Gasteiger partial charge on any atom is 0.337 e. The van der Waals surface area contributed by atoms with E-state index in [1.165, 1.54) is 6.42 Å². The summed E-state index contributed by atoms with van der Waals surface area (Å²) in [6.45, 7) is 1.38. The highest BCUT2D eigenvalue weighted by molar-refractivity contribution is 7.98. The molecule has 0 fully saturated rings. The molecule has 0 heterocycles. The van der Waals surface area contributed by atoms with Crippen molar-refractivity contribution in [1.82, 2.24) is 10.6 Å². The van der Waals surface area contributed by atoms with Crippen molar-refractivity contribution < 1.29 is 19.8 Å². The normalized spacial score (nSPS) is 13.6. The van der Waals surface area contributed by atoms with Gasteiger partial charge in [-0.05, 0) is 31.8 Å². The summed E-state index contributed by atoms with van der Waals surface area (Å²) in [6.07, 6.45) is 6.38. The summed E-state index contributed by atoms with van der Waals surface area (Å²) in [5.74, 6) is -0.195. The molecule has 1 unspecified atom stereocenters. The standard InChI is InChI=1S/C12H24N2O4S/c1-12(18,10(15)16)9-14-11(17)13-7-5-3-4-6-8-19-2/h18H,3-9H2,1-2H3,(H,15,16)(H2,13,14,17). The van der Waals surface area contributed by atoms with Gasteiger partial charge < -0.3 is 20.8 Å². The number of hydrogen-bond acceptors (Lipinski definition) is 4. The number of unbranched alkanes of at least 4 members (excludes halogenated alkanes) is 3. The second kappa shape index (κ2) is 9.91. The van der Waals surface area contributed by atoms with Gasteiger partial charge in [-0.1, -0.05) is 12.8 Å². The lowest BCUT2D eigenvalue weighted by Crippen LogP contribution is -2.49. The van der Waals surface area contributed by atoms with E-state index in [0.29, 0.717) is 6.54 Å². The van der Waals surface area contributed by atoms with Crippen molar-refractivity contribution in [3.05, 3.63) is 0 Å². The first-order valence-corrected chi connectivity index (χ1v) is 7.76. The van der Waals surface area contributed by atoms with Gasteiger partial charge in [-0.2, -0.15) is 11.8 Å². The Labute approximate surface area is 118 Å². The summed E-state index contributed by atoms with van der Waals surface area (Å²) in [6, 6.07) is -0.453. The third-order valence-electron chi connectivity index (χ3n) is 2.61. The van der Waals surface area contributed by atoms with Gasteiger partial charge in [0.05, 0.1) is 6.54 Å². The van der Waals surface area contributed by atoms with Gasteiger partial charge in [0.1, 0.15) is 0 Å². The van der Waals surface area contributed by atoms with Gasteiger partial charge in [-0.25, -0.2) is 9.59 Å². The van der Waals surface area contributed by atoms with Gasteiger partial charge in [-0.15, -0.1) is 0 Å². The van der Waals surface area contributed by atoms with Crippen LogP contribution in [0.4, 0.5) is 4.79 Å². The summed E-state index contributed by atoms with van der Waals surface area (Å²) < 4.78 is 0. The van der Waals surface area contributed by atoms with Crippen LogP contribution >= 0.6 is 11.8 Å². The molecule has 0 radical (unpaired) electrons. The van der Waals surface area contributed by atoms with Gasteiger partial charge >= 0.3 is 12.0 Å². The number of hydrogen-bond donors (Lipinski definition) is 4. The minimum absolute atomic E-state index is 0.318. The molecule has 0 aromatic carbocycles. The van der Waals surface area contributed by atoms with E-state index in [-0.39, 0.29) is 6.54 Å². The first kappa shape index (κ1) is 18.0. The molecule has 0 aliphatic rings. The van der Waals surface area contributed by atoms with Crippen LogP contribution in [0.2, 0.25) is 0 Å². The van der Waals surface area contributed by atoms with E-state index in [2.05, 4.69) is 16.9 Å². The molecule has 1 atom stereocenters. The molecule has 0 rings (SSSR count). The zero-order valence-corrected chi connectivity index (χ0v) is 12.4. The lowest BCUT2D eigenvalue weighted by atomic mass is 10.1. The van der Waals surface area contributed by atoms with Crippen LogP contribution in [0.15, 0.2) is 0 Å². The Morgan fingerprint density at radius 1 is 1.16 bits per heavy atom. The molecule has 0 aliphatic heterocycles. The van der Waals surface area contributed by atoms with Crippen molar-refractivity contribution in [2.75, 3.05) is 25.1 Å². The molecule has 2 amide bonds.